The van der Waals surface area contributed by atoms with Gasteiger partial charge in [-0.15, -0.1) is 0 Å². The maximum Gasteiger partial charge on any atom is 0.278 e. The van der Waals surface area contributed by atoms with Crippen LogP contribution in [0.3, 0.4) is 0 Å². The van der Waals surface area contributed by atoms with E-state index in [1.807, 2.05) is 6.92 Å². The molecule has 22 heavy (non-hydrogen) atoms. The van der Waals surface area contributed by atoms with Crippen molar-refractivity contribution in [3.05, 3.63) is 40.1 Å². The fourth-order valence-electron chi connectivity index (χ4n) is 2.51. The molecule has 6 nitrogen and oxygen atoms in total. The van der Waals surface area contributed by atoms with Crippen LogP contribution in [-0.2, 0) is 4.79 Å². The van der Waals surface area contributed by atoms with Gasteiger partial charge >= 0.3 is 0 Å². The first-order valence-corrected chi connectivity index (χ1v) is 7.33. The van der Waals surface area contributed by atoms with Crippen molar-refractivity contribution in [1.82, 2.24) is 9.78 Å². The van der Waals surface area contributed by atoms with Crippen molar-refractivity contribution in [2.24, 2.45) is 0 Å². The molecule has 1 aromatic carbocycles. The quantitative estimate of drug-likeness (QED) is 0.874. The minimum atomic E-state index is -0.252. The van der Waals surface area contributed by atoms with Crippen LogP contribution in [0.2, 0.25) is 10.0 Å². The zero-order chi connectivity index (χ0) is 15.9. The van der Waals surface area contributed by atoms with Crippen molar-refractivity contribution >= 4 is 46.9 Å². The summed E-state index contributed by atoms with van der Waals surface area (Å²) in [5, 5.41) is 7.47. The highest BCUT2D eigenvalue weighted by Gasteiger charge is 2.33. The van der Waals surface area contributed by atoms with E-state index in [2.05, 4.69) is 10.4 Å². The van der Waals surface area contributed by atoms with Crippen molar-refractivity contribution in [2.45, 2.75) is 13.0 Å². The van der Waals surface area contributed by atoms with Crippen molar-refractivity contribution < 1.29 is 9.59 Å². The second-order valence-electron chi connectivity index (χ2n) is 4.98. The molecule has 0 fully saturated rings. The number of nitrogens with one attached hydrogen (secondary N) is 1. The van der Waals surface area contributed by atoms with E-state index in [0.717, 1.165) is 0 Å². The van der Waals surface area contributed by atoms with E-state index in [1.54, 1.807) is 27.8 Å². The lowest BCUT2D eigenvalue weighted by Crippen LogP contribution is -2.42. The fourth-order valence-corrected chi connectivity index (χ4v) is 2.80. The maximum atomic E-state index is 12.7. The lowest BCUT2D eigenvalue weighted by molar-refractivity contribution is -0.105. The number of fused-ring (bicyclic) bond motifs is 1. The summed E-state index contributed by atoms with van der Waals surface area (Å²) in [6, 6.07) is 4.99. The number of halogens is 2. The van der Waals surface area contributed by atoms with Crippen LogP contribution in [0.15, 0.2) is 24.4 Å². The zero-order valence-electron chi connectivity index (χ0n) is 11.6. The largest absolute Gasteiger partial charge is 0.325 e. The van der Waals surface area contributed by atoms with Crippen LogP contribution >= 0.6 is 23.2 Å². The monoisotopic (exact) mass is 338 g/mol. The van der Waals surface area contributed by atoms with Crippen LogP contribution in [0.4, 0.5) is 11.4 Å². The van der Waals surface area contributed by atoms with Crippen molar-refractivity contribution in [2.75, 3.05) is 16.8 Å². The Morgan fingerprint density at radius 1 is 1.36 bits per heavy atom. The Hall–Kier alpha value is -2.05. The molecule has 2 aromatic rings. The molecule has 0 radical (unpaired) electrons. The standard InChI is InChI=1S/C14H12Cl2N4O2/c1-8-6-19(9-2-3-10(15)11(16)4-9)14(22)13-12(17-7-21)5-18-20(8)13/h2-5,7-8H,6H2,1H3,(H,17,21). The van der Waals surface area contributed by atoms with Crippen LogP contribution in [0.1, 0.15) is 23.5 Å². The van der Waals surface area contributed by atoms with Crippen LogP contribution in [0.5, 0.6) is 0 Å². The summed E-state index contributed by atoms with van der Waals surface area (Å²) in [5.74, 6) is -0.252. The third-order valence-corrected chi connectivity index (χ3v) is 4.28. The third-order valence-electron chi connectivity index (χ3n) is 3.54. The first-order valence-electron chi connectivity index (χ1n) is 6.57. The van der Waals surface area contributed by atoms with E-state index < -0.39 is 0 Å². The number of carbonyl (C=O) groups is 2. The molecule has 0 saturated heterocycles. The van der Waals surface area contributed by atoms with Gasteiger partial charge in [-0.05, 0) is 25.1 Å². The normalized spacial score (nSPS) is 17.3. The number of nitrogens with zero attached hydrogens (tertiary/aromatic N) is 3. The molecule has 114 valence electrons. The Balaban J connectivity index is 2.05. The van der Waals surface area contributed by atoms with Crippen LogP contribution < -0.4 is 10.2 Å². The molecule has 8 heteroatoms. The first-order chi connectivity index (χ1) is 10.5. The lowest BCUT2D eigenvalue weighted by atomic mass is 10.1. The summed E-state index contributed by atoms with van der Waals surface area (Å²) < 4.78 is 1.61. The molecule has 1 unspecified atom stereocenters. The van der Waals surface area contributed by atoms with Gasteiger partial charge in [-0.2, -0.15) is 5.10 Å². The van der Waals surface area contributed by atoms with E-state index in [1.165, 1.54) is 6.20 Å². The van der Waals surface area contributed by atoms with Gasteiger partial charge in [0.2, 0.25) is 6.41 Å². The second kappa shape index (κ2) is 5.62. The topological polar surface area (TPSA) is 67.2 Å². The number of benzene rings is 1. The molecule has 1 aliphatic rings. The van der Waals surface area contributed by atoms with Gasteiger partial charge in [-0.1, -0.05) is 23.2 Å². The molecular weight excluding hydrogens is 327 g/mol. The number of hydrogen-bond donors (Lipinski definition) is 1. The molecule has 1 aromatic heterocycles. The number of amides is 2. The van der Waals surface area contributed by atoms with E-state index in [4.69, 9.17) is 23.2 Å². The molecule has 1 aliphatic heterocycles. The van der Waals surface area contributed by atoms with Gasteiger partial charge in [-0.25, -0.2) is 0 Å². The smallest absolute Gasteiger partial charge is 0.278 e. The van der Waals surface area contributed by atoms with Gasteiger partial charge in [0.25, 0.3) is 5.91 Å². The molecule has 0 spiro atoms. The zero-order valence-corrected chi connectivity index (χ0v) is 13.1. The van der Waals surface area contributed by atoms with Gasteiger partial charge < -0.3 is 10.2 Å². The number of carbonyl (C=O) groups excluding carboxylic acids is 2. The third kappa shape index (κ3) is 2.34. The SMILES string of the molecule is CC1CN(c2ccc(Cl)c(Cl)c2)C(=O)c2c(NC=O)cnn21. The average molecular weight is 339 g/mol. The van der Waals surface area contributed by atoms with Gasteiger partial charge in [0.05, 0.1) is 28.0 Å². The molecule has 3 rings (SSSR count). The molecule has 1 atom stereocenters. The summed E-state index contributed by atoms with van der Waals surface area (Å²) in [4.78, 5) is 25.0. The van der Waals surface area contributed by atoms with E-state index in [-0.39, 0.29) is 11.9 Å². The highest BCUT2D eigenvalue weighted by Crippen LogP contribution is 2.33. The number of anilines is 2. The van der Waals surface area contributed by atoms with Gasteiger partial charge in [0.1, 0.15) is 0 Å². The van der Waals surface area contributed by atoms with Gasteiger partial charge in [0.15, 0.2) is 5.69 Å². The highest BCUT2D eigenvalue weighted by molar-refractivity contribution is 6.42. The van der Waals surface area contributed by atoms with Crippen molar-refractivity contribution in [3.8, 4) is 0 Å². The fraction of sp³-hybridized carbons (Fsp3) is 0.214. The Morgan fingerprint density at radius 2 is 2.14 bits per heavy atom. The molecule has 0 aliphatic carbocycles. The predicted molar refractivity (Wildman–Crippen MR) is 84.8 cm³/mol. The Morgan fingerprint density at radius 3 is 2.82 bits per heavy atom. The number of rotatable bonds is 3. The molecule has 2 heterocycles. The molecular formula is C14H12Cl2N4O2. The van der Waals surface area contributed by atoms with E-state index in [9.17, 15) is 9.59 Å². The van der Waals surface area contributed by atoms with Crippen LogP contribution in [-0.4, -0.2) is 28.6 Å². The van der Waals surface area contributed by atoms with Gasteiger partial charge in [-0.3, -0.25) is 14.3 Å². The van der Waals surface area contributed by atoms with E-state index in [0.29, 0.717) is 40.1 Å². The van der Waals surface area contributed by atoms with Crippen LogP contribution in [0.25, 0.3) is 0 Å². The maximum absolute atomic E-state index is 12.7. The Kier molecular flexibility index (Phi) is 3.80. The first kappa shape index (κ1) is 14.9. The lowest BCUT2D eigenvalue weighted by Gasteiger charge is -2.32. The highest BCUT2D eigenvalue weighted by atomic mass is 35.5. The van der Waals surface area contributed by atoms with Crippen LogP contribution in [0, 0.1) is 0 Å². The van der Waals surface area contributed by atoms with E-state index >= 15 is 0 Å². The second-order valence-corrected chi connectivity index (χ2v) is 5.79. The Bertz CT molecular complexity index is 759. The Labute approximate surface area is 136 Å². The summed E-state index contributed by atoms with van der Waals surface area (Å²) in [5.41, 5.74) is 1.38. The molecule has 0 saturated carbocycles. The predicted octanol–water partition coefficient (Wildman–Crippen LogP) is 2.98. The summed E-state index contributed by atoms with van der Waals surface area (Å²) in [6.45, 7) is 2.39. The van der Waals surface area contributed by atoms with Crippen molar-refractivity contribution in [3.63, 3.8) is 0 Å². The minimum absolute atomic E-state index is 0.0376. The molecule has 2 amide bonds. The number of hydrogen-bond acceptors (Lipinski definition) is 3. The van der Waals surface area contributed by atoms with Gasteiger partial charge in [0, 0.05) is 12.2 Å². The average Bonchev–Trinajstić information content (AvgIpc) is 2.91. The molecule has 1 N–H and O–H groups in total. The minimum Gasteiger partial charge on any atom is -0.325 e. The van der Waals surface area contributed by atoms with Crippen molar-refractivity contribution in [1.29, 1.82) is 0 Å². The summed E-state index contributed by atoms with van der Waals surface area (Å²) in [7, 11) is 0. The summed E-state index contributed by atoms with van der Waals surface area (Å²) in [6.07, 6.45) is 1.99. The number of aromatic nitrogens is 2. The summed E-state index contributed by atoms with van der Waals surface area (Å²) >= 11 is 11.9. The molecule has 0 bridgehead atoms.